The van der Waals surface area contributed by atoms with Gasteiger partial charge in [-0.1, -0.05) is 23.7 Å². The number of benzene rings is 2. The monoisotopic (exact) mass is 548 g/mol. The Morgan fingerprint density at radius 2 is 2.03 bits per heavy atom. The largest absolute Gasteiger partial charge is 0.490 e. The molecule has 0 saturated carbocycles. The van der Waals surface area contributed by atoms with Crippen LogP contribution in [0.3, 0.4) is 0 Å². The molecule has 3 aromatic rings. The Hall–Kier alpha value is -3.94. The van der Waals surface area contributed by atoms with Crippen molar-refractivity contribution in [2.24, 2.45) is 4.99 Å². The van der Waals surface area contributed by atoms with Crippen LogP contribution in [0.5, 0.6) is 5.75 Å². The van der Waals surface area contributed by atoms with E-state index in [-0.39, 0.29) is 24.6 Å². The molecular formula is C27H25ClN6O3S. The van der Waals surface area contributed by atoms with E-state index in [0.717, 1.165) is 11.1 Å². The van der Waals surface area contributed by atoms with E-state index >= 15 is 0 Å². The van der Waals surface area contributed by atoms with Crippen molar-refractivity contribution in [3.05, 3.63) is 81.3 Å². The molecule has 38 heavy (non-hydrogen) atoms. The highest BCUT2D eigenvalue weighted by Gasteiger charge is 2.45. The molecule has 0 unspecified atom stereocenters. The Morgan fingerprint density at radius 1 is 1.24 bits per heavy atom. The number of hydrogen-bond donors (Lipinski definition) is 1. The molecule has 1 aromatic heterocycles. The number of nitrogens with one attached hydrogen (secondary N) is 1. The van der Waals surface area contributed by atoms with E-state index in [4.69, 9.17) is 21.3 Å². The zero-order chi connectivity index (χ0) is 26.8. The summed E-state index contributed by atoms with van der Waals surface area (Å²) >= 11 is 7.47. The number of nitriles is 1. The van der Waals surface area contributed by atoms with Crippen LogP contribution in [0.25, 0.3) is 0 Å². The zero-order valence-electron chi connectivity index (χ0n) is 20.8. The number of rotatable bonds is 5. The molecule has 2 aromatic carbocycles. The Bertz CT molecular complexity index is 1420. The van der Waals surface area contributed by atoms with Gasteiger partial charge >= 0.3 is 6.03 Å². The molecule has 2 atom stereocenters. The maximum atomic E-state index is 14.2. The molecule has 3 heterocycles. The van der Waals surface area contributed by atoms with Crippen LogP contribution < -0.4 is 10.1 Å². The average Bonchev–Trinajstić information content (AvgIpc) is 3.56. The standard InChI is InChI=1S/C27H25ClN6O3S/c1-16(2)37-22-11-17(12-29)3-8-21(22)26-32-24(18-4-6-20(28)7-5-18)25(19-13-31-38-15-19)34(26)27(36)33-10-9-30-23(35)14-33/h3-8,11,13,15-16,24-25H,9-10,14H2,1-2H3,(H,30,35)/t24-,25+/m0/s1. The fourth-order valence-electron chi connectivity index (χ4n) is 4.64. The minimum Gasteiger partial charge on any atom is -0.490 e. The Balaban J connectivity index is 1.69. The summed E-state index contributed by atoms with van der Waals surface area (Å²) in [5.41, 5.74) is 2.71. The second-order valence-corrected chi connectivity index (χ2v) is 10.4. The fraction of sp³-hybridized carbons (Fsp3) is 0.296. The average molecular weight is 549 g/mol. The van der Waals surface area contributed by atoms with Crippen LogP contribution in [0.15, 0.2) is 59.0 Å². The van der Waals surface area contributed by atoms with E-state index in [1.807, 2.05) is 31.4 Å². The summed E-state index contributed by atoms with van der Waals surface area (Å²) in [6.07, 6.45) is 1.56. The molecule has 9 nitrogen and oxygen atoms in total. The summed E-state index contributed by atoms with van der Waals surface area (Å²) in [6.45, 7) is 4.48. The van der Waals surface area contributed by atoms with Gasteiger partial charge in [0.15, 0.2) is 0 Å². The highest BCUT2D eigenvalue weighted by atomic mass is 35.5. The molecule has 0 radical (unpaired) electrons. The minimum absolute atomic E-state index is 0.0500. The number of carbonyl (C=O) groups excluding carboxylic acids is 2. The Kier molecular flexibility index (Phi) is 7.31. The number of halogens is 1. The first-order valence-electron chi connectivity index (χ1n) is 12.1. The van der Waals surface area contributed by atoms with Gasteiger partial charge in [-0.3, -0.25) is 14.7 Å². The maximum Gasteiger partial charge on any atom is 0.326 e. The van der Waals surface area contributed by atoms with Gasteiger partial charge in [-0.25, -0.2) is 9.17 Å². The van der Waals surface area contributed by atoms with Gasteiger partial charge in [0.2, 0.25) is 5.91 Å². The summed E-state index contributed by atoms with van der Waals surface area (Å²) in [6, 6.07) is 13.3. The number of aliphatic imine (C=N–C) groups is 1. The van der Waals surface area contributed by atoms with Crippen molar-refractivity contribution in [3.8, 4) is 11.8 Å². The molecule has 11 heteroatoms. The van der Waals surface area contributed by atoms with Crippen molar-refractivity contribution in [2.75, 3.05) is 19.6 Å². The van der Waals surface area contributed by atoms with Gasteiger partial charge < -0.3 is 15.0 Å². The van der Waals surface area contributed by atoms with Crippen molar-refractivity contribution in [1.82, 2.24) is 19.5 Å². The predicted octanol–water partition coefficient (Wildman–Crippen LogP) is 4.55. The first-order valence-corrected chi connectivity index (χ1v) is 13.4. The van der Waals surface area contributed by atoms with Gasteiger partial charge in [-0.15, -0.1) is 0 Å². The highest BCUT2D eigenvalue weighted by Crippen LogP contribution is 2.45. The van der Waals surface area contributed by atoms with Crippen LogP contribution >= 0.6 is 23.1 Å². The summed E-state index contributed by atoms with van der Waals surface area (Å²) in [7, 11) is 0. The number of nitrogens with zero attached hydrogens (tertiary/aromatic N) is 5. The number of ether oxygens (including phenoxy) is 1. The third-order valence-electron chi connectivity index (χ3n) is 6.30. The first-order chi connectivity index (χ1) is 18.4. The van der Waals surface area contributed by atoms with Gasteiger partial charge in [-0.2, -0.15) is 5.26 Å². The Morgan fingerprint density at radius 3 is 2.68 bits per heavy atom. The molecule has 1 N–H and O–H groups in total. The van der Waals surface area contributed by atoms with Crippen LogP contribution in [0.4, 0.5) is 4.79 Å². The third-order valence-corrected chi connectivity index (χ3v) is 7.16. The normalized spacial score (nSPS) is 19.2. The molecule has 1 saturated heterocycles. The minimum atomic E-state index is -0.523. The number of hydrogen-bond acceptors (Lipinski definition) is 7. The topological polar surface area (TPSA) is 111 Å². The number of piperazine rings is 1. The molecular weight excluding hydrogens is 524 g/mol. The van der Waals surface area contributed by atoms with Crippen LogP contribution in [-0.2, 0) is 4.79 Å². The summed E-state index contributed by atoms with van der Waals surface area (Å²) in [5.74, 6) is 0.635. The molecule has 2 aliphatic heterocycles. The zero-order valence-corrected chi connectivity index (χ0v) is 22.4. The van der Waals surface area contributed by atoms with Crippen LogP contribution in [-0.4, -0.2) is 57.7 Å². The number of amidine groups is 1. The van der Waals surface area contributed by atoms with Gasteiger partial charge in [0.25, 0.3) is 0 Å². The van der Waals surface area contributed by atoms with Gasteiger partial charge in [0, 0.05) is 35.3 Å². The molecule has 0 bridgehead atoms. The van der Waals surface area contributed by atoms with Crippen LogP contribution in [0.2, 0.25) is 5.02 Å². The van der Waals surface area contributed by atoms with E-state index in [9.17, 15) is 14.9 Å². The molecule has 0 aliphatic carbocycles. The van der Waals surface area contributed by atoms with E-state index < -0.39 is 12.1 Å². The van der Waals surface area contributed by atoms with Gasteiger partial charge in [0.05, 0.1) is 29.3 Å². The van der Waals surface area contributed by atoms with Crippen LogP contribution in [0, 0.1) is 11.3 Å². The van der Waals surface area contributed by atoms with Crippen molar-refractivity contribution >= 4 is 40.9 Å². The second-order valence-electron chi connectivity index (χ2n) is 9.27. The quantitative estimate of drug-likeness (QED) is 0.503. The van der Waals surface area contributed by atoms with E-state index in [1.54, 1.807) is 41.4 Å². The molecule has 3 amide bonds. The van der Waals surface area contributed by atoms with Crippen molar-refractivity contribution in [1.29, 1.82) is 5.26 Å². The molecule has 5 rings (SSSR count). The third kappa shape index (κ3) is 5.08. The molecule has 0 spiro atoms. The van der Waals surface area contributed by atoms with Gasteiger partial charge in [-0.05, 0) is 61.3 Å². The van der Waals surface area contributed by atoms with Crippen molar-refractivity contribution < 1.29 is 14.3 Å². The first kappa shape index (κ1) is 25.7. The summed E-state index contributed by atoms with van der Waals surface area (Å²) < 4.78 is 10.4. The maximum absolute atomic E-state index is 14.2. The van der Waals surface area contributed by atoms with Crippen LogP contribution in [0.1, 0.15) is 48.2 Å². The lowest BCUT2D eigenvalue weighted by Gasteiger charge is -2.35. The Labute approximate surface area is 229 Å². The highest BCUT2D eigenvalue weighted by molar-refractivity contribution is 7.03. The smallest absolute Gasteiger partial charge is 0.326 e. The summed E-state index contributed by atoms with van der Waals surface area (Å²) in [4.78, 5) is 34.6. The lowest BCUT2D eigenvalue weighted by molar-refractivity contribution is -0.123. The number of carbonyl (C=O) groups is 2. The van der Waals surface area contributed by atoms with E-state index in [1.165, 1.54) is 16.4 Å². The second kappa shape index (κ2) is 10.8. The molecule has 1 fully saturated rings. The fourth-order valence-corrected chi connectivity index (χ4v) is 5.33. The van der Waals surface area contributed by atoms with Gasteiger partial charge in [0.1, 0.15) is 24.2 Å². The lowest BCUT2D eigenvalue weighted by Crippen LogP contribution is -2.55. The van der Waals surface area contributed by atoms with Crippen molar-refractivity contribution in [2.45, 2.75) is 32.0 Å². The number of amides is 3. The predicted molar refractivity (Wildman–Crippen MR) is 144 cm³/mol. The van der Waals surface area contributed by atoms with E-state index in [0.29, 0.717) is 40.8 Å². The lowest BCUT2D eigenvalue weighted by atomic mass is 9.96. The number of aromatic nitrogens is 1. The van der Waals surface area contributed by atoms with Crippen molar-refractivity contribution in [3.63, 3.8) is 0 Å². The molecule has 194 valence electrons. The SMILES string of the molecule is CC(C)Oc1cc(C#N)ccc1C1=N[C@@H](c2ccc(Cl)cc2)[C@@H](c2cnsc2)N1C(=O)N1CCNC(=O)C1. The molecule has 2 aliphatic rings. The van der Waals surface area contributed by atoms with E-state index in [2.05, 4.69) is 15.8 Å². The summed E-state index contributed by atoms with van der Waals surface area (Å²) in [5, 5.41) is 14.8. The number of urea groups is 1.